The van der Waals surface area contributed by atoms with E-state index in [0.29, 0.717) is 5.75 Å². The zero-order chi connectivity index (χ0) is 13.3. The minimum Gasteiger partial charge on any atom is -0.410 e. The highest BCUT2D eigenvalue weighted by atomic mass is 16.6. The Labute approximate surface area is 107 Å². The van der Waals surface area contributed by atoms with E-state index in [0.717, 1.165) is 0 Å². The molecule has 0 radical (unpaired) electrons. The number of rotatable bonds is 1. The number of nitrogens with zero attached hydrogens (tertiary/aromatic N) is 1. The van der Waals surface area contributed by atoms with Crippen LogP contribution in [0, 0.1) is 5.41 Å². The summed E-state index contributed by atoms with van der Waals surface area (Å²) in [4.78, 5) is 25.3. The Kier molecular flexibility index (Phi) is 3.11. The number of likely N-dealkylation sites (tertiary alicyclic amines) is 1. The number of ether oxygens (including phenoxy) is 1. The van der Waals surface area contributed by atoms with E-state index >= 15 is 0 Å². The molecular weight excluding hydrogens is 230 g/mol. The first-order chi connectivity index (χ1) is 8.43. The first kappa shape index (κ1) is 12.6. The monoisotopic (exact) mass is 247 g/mol. The highest BCUT2D eigenvalue weighted by molar-refractivity contribution is 5.93. The highest BCUT2D eigenvalue weighted by Gasteiger charge is 2.47. The minimum atomic E-state index is -0.504. The molecule has 1 saturated heterocycles. The zero-order valence-corrected chi connectivity index (χ0v) is 10.8. The van der Waals surface area contributed by atoms with Crippen molar-refractivity contribution in [3.05, 3.63) is 30.3 Å². The van der Waals surface area contributed by atoms with Gasteiger partial charge in [-0.3, -0.25) is 9.69 Å². The van der Waals surface area contributed by atoms with Crippen molar-refractivity contribution in [2.75, 3.05) is 6.54 Å². The van der Waals surface area contributed by atoms with Gasteiger partial charge >= 0.3 is 6.09 Å². The Balaban J connectivity index is 2.10. The molecule has 0 N–H and O–H groups in total. The van der Waals surface area contributed by atoms with E-state index in [1.807, 2.05) is 26.8 Å². The molecule has 1 aromatic rings. The predicted octanol–water partition coefficient (Wildman–Crippen LogP) is 2.48. The summed E-state index contributed by atoms with van der Waals surface area (Å²) >= 11 is 0. The molecule has 1 amide bonds. The Hall–Kier alpha value is -1.84. The van der Waals surface area contributed by atoms with Gasteiger partial charge in [-0.1, -0.05) is 32.0 Å². The second kappa shape index (κ2) is 4.44. The fraction of sp³-hybridized carbons (Fsp3) is 0.429. The summed E-state index contributed by atoms with van der Waals surface area (Å²) < 4.78 is 5.25. The van der Waals surface area contributed by atoms with Gasteiger partial charge in [0.25, 0.3) is 0 Å². The van der Waals surface area contributed by atoms with Gasteiger partial charge in [0.15, 0.2) is 5.78 Å². The lowest BCUT2D eigenvalue weighted by Gasteiger charge is -2.26. The number of hydrogen-bond donors (Lipinski definition) is 0. The van der Waals surface area contributed by atoms with Crippen LogP contribution >= 0.6 is 0 Å². The molecule has 0 spiro atoms. The van der Waals surface area contributed by atoms with Gasteiger partial charge in [-0.25, -0.2) is 4.79 Å². The number of carbonyl (C=O) groups is 2. The van der Waals surface area contributed by atoms with Crippen LogP contribution in [0.25, 0.3) is 0 Å². The maximum atomic E-state index is 12.0. The van der Waals surface area contributed by atoms with Crippen LogP contribution in [-0.2, 0) is 4.79 Å². The standard InChI is InChI=1S/C14H17NO3/c1-10-14(2,3)12(16)9-15(10)13(17)18-11-7-5-4-6-8-11/h4-8,10H,9H2,1-3H3. The van der Waals surface area contributed by atoms with E-state index in [-0.39, 0.29) is 18.4 Å². The topological polar surface area (TPSA) is 46.6 Å². The van der Waals surface area contributed by atoms with Crippen LogP contribution in [0.3, 0.4) is 0 Å². The van der Waals surface area contributed by atoms with E-state index in [9.17, 15) is 9.59 Å². The van der Waals surface area contributed by atoms with Crippen molar-refractivity contribution < 1.29 is 14.3 Å². The Morgan fingerprint density at radius 2 is 1.94 bits per heavy atom. The summed E-state index contributed by atoms with van der Waals surface area (Å²) in [6.07, 6.45) is -0.465. The molecule has 18 heavy (non-hydrogen) atoms. The molecule has 1 atom stereocenters. The molecule has 1 aliphatic rings. The maximum Gasteiger partial charge on any atom is 0.415 e. The second-order valence-electron chi connectivity index (χ2n) is 5.13. The normalized spacial score (nSPS) is 22.1. The number of benzene rings is 1. The number of hydrogen-bond acceptors (Lipinski definition) is 3. The zero-order valence-electron chi connectivity index (χ0n) is 10.8. The number of Topliss-reactive ketones (excluding diaryl/α,β-unsaturated/α-hetero) is 1. The van der Waals surface area contributed by atoms with E-state index in [4.69, 9.17) is 4.74 Å². The van der Waals surface area contributed by atoms with Gasteiger partial charge in [0.1, 0.15) is 5.75 Å². The molecule has 4 heteroatoms. The van der Waals surface area contributed by atoms with E-state index in [1.54, 1.807) is 24.3 Å². The summed E-state index contributed by atoms with van der Waals surface area (Å²) in [6, 6.07) is 8.72. The largest absolute Gasteiger partial charge is 0.415 e. The van der Waals surface area contributed by atoms with Crippen molar-refractivity contribution >= 4 is 11.9 Å². The number of carbonyl (C=O) groups excluding carboxylic acids is 2. The SMILES string of the molecule is CC1N(C(=O)Oc2ccccc2)CC(=O)C1(C)C. The fourth-order valence-corrected chi connectivity index (χ4v) is 1.99. The lowest BCUT2D eigenvalue weighted by molar-refractivity contribution is -0.123. The first-order valence-corrected chi connectivity index (χ1v) is 5.99. The molecule has 1 aromatic carbocycles. The number of ketones is 1. The van der Waals surface area contributed by atoms with Crippen LogP contribution in [0.4, 0.5) is 4.79 Å². The molecule has 0 aliphatic carbocycles. The van der Waals surface area contributed by atoms with Gasteiger partial charge in [0.2, 0.25) is 0 Å². The Morgan fingerprint density at radius 3 is 2.44 bits per heavy atom. The molecule has 1 aliphatic heterocycles. The van der Waals surface area contributed by atoms with Gasteiger partial charge in [0, 0.05) is 11.5 Å². The second-order valence-corrected chi connectivity index (χ2v) is 5.13. The average molecular weight is 247 g/mol. The van der Waals surface area contributed by atoms with Crippen molar-refractivity contribution in [3.8, 4) is 5.75 Å². The average Bonchev–Trinajstić information content (AvgIpc) is 2.54. The third-order valence-corrected chi connectivity index (χ3v) is 3.73. The van der Waals surface area contributed by atoms with Crippen molar-refractivity contribution in [2.24, 2.45) is 5.41 Å². The summed E-state index contributed by atoms with van der Waals surface area (Å²) in [7, 11) is 0. The molecule has 1 heterocycles. The van der Waals surface area contributed by atoms with Gasteiger partial charge in [-0.05, 0) is 19.1 Å². The predicted molar refractivity (Wildman–Crippen MR) is 67.4 cm³/mol. The van der Waals surface area contributed by atoms with Gasteiger partial charge < -0.3 is 4.74 Å². The lowest BCUT2D eigenvalue weighted by atomic mass is 9.85. The van der Waals surface area contributed by atoms with Crippen LogP contribution in [0.1, 0.15) is 20.8 Å². The minimum absolute atomic E-state index is 0.0695. The summed E-state index contributed by atoms with van der Waals surface area (Å²) in [5.41, 5.74) is -0.504. The molecule has 0 saturated carbocycles. The van der Waals surface area contributed by atoms with Crippen LogP contribution in [0.15, 0.2) is 30.3 Å². The molecule has 4 nitrogen and oxygen atoms in total. The number of amides is 1. The number of para-hydroxylation sites is 1. The van der Waals surface area contributed by atoms with Crippen LogP contribution in [-0.4, -0.2) is 29.4 Å². The molecule has 0 aromatic heterocycles. The van der Waals surface area contributed by atoms with Crippen molar-refractivity contribution in [2.45, 2.75) is 26.8 Å². The third kappa shape index (κ3) is 2.10. The molecule has 2 rings (SSSR count). The third-order valence-electron chi connectivity index (χ3n) is 3.73. The van der Waals surface area contributed by atoms with Crippen molar-refractivity contribution in [3.63, 3.8) is 0 Å². The van der Waals surface area contributed by atoms with E-state index in [2.05, 4.69) is 0 Å². The molecule has 96 valence electrons. The summed E-state index contributed by atoms with van der Waals surface area (Å²) in [5, 5.41) is 0. The van der Waals surface area contributed by atoms with Crippen molar-refractivity contribution in [1.29, 1.82) is 0 Å². The Bertz CT molecular complexity index is 467. The Morgan fingerprint density at radius 1 is 1.33 bits per heavy atom. The van der Waals surface area contributed by atoms with Gasteiger partial charge in [0.05, 0.1) is 6.54 Å². The molecular formula is C14H17NO3. The highest BCUT2D eigenvalue weighted by Crippen LogP contribution is 2.33. The maximum absolute atomic E-state index is 12.0. The summed E-state index contributed by atoms with van der Waals surface area (Å²) in [5.74, 6) is 0.562. The summed E-state index contributed by atoms with van der Waals surface area (Å²) in [6.45, 7) is 5.71. The van der Waals surface area contributed by atoms with Crippen molar-refractivity contribution in [1.82, 2.24) is 4.90 Å². The molecule has 1 unspecified atom stereocenters. The van der Waals surface area contributed by atoms with E-state index in [1.165, 1.54) is 4.90 Å². The van der Waals surface area contributed by atoms with Crippen LogP contribution in [0.2, 0.25) is 0 Å². The van der Waals surface area contributed by atoms with Crippen LogP contribution < -0.4 is 4.74 Å². The van der Waals surface area contributed by atoms with Crippen LogP contribution in [0.5, 0.6) is 5.75 Å². The molecule has 1 fully saturated rings. The first-order valence-electron chi connectivity index (χ1n) is 5.99. The lowest BCUT2D eigenvalue weighted by Crippen LogP contribution is -2.40. The van der Waals surface area contributed by atoms with Gasteiger partial charge in [-0.15, -0.1) is 0 Å². The smallest absolute Gasteiger partial charge is 0.410 e. The quantitative estimate of drug-likeness (QED) is 0.766. The van der Waals surface area contributed by atoms with E-state index < -0.39 is 11.5 Å². The molecule has 0 bridgehead atoms. The van der Waals surface area contributed by atoms with Gasteiger partial charge in [-0.2, -0.15) is 0 Å². The fourth-order valence-electron chi connectivity index (χ4n) is 1.99.